The van der Waals surface area contributed by atoms with E-state index in [4.69, 9.17) is 15.6 Å². The molecular formula is C14H12F2N2O3. The van der Waals surface area contributed by atoms with E-state index in [-0.39, 0.29) is 22.9 Å². The number of nitrogens with two attached hydrogens (primary N) is 1. The van der Waals surface area contributed by atoms with Crippen molar-refractivity contribution in [3.63, 3.8) is 0 Å². The van der Waals surface area contributed by atoms with Gasteiger partial charge in [0.15, 0.2) is 11.6 Å². The molecule has 0 aliphatic heterocycles. The molecule has 0 saturated heterocycles. The van der Waals surface area contributed by atoms with Crippen LogP contribution in [-0.4, -0.2) is 18.2 Å². The van der Waals surface area contributed by atoms with Gasteiger partial charge in [0.25, 0.3) is 0 Å². The maximum atomic E-state index is 13.5. The molecule has 2 aromatic rings. The van der Waals surface area contributed by atoms with Crippen LogP contribution in [0.5, 0.6) is 11.5 Å². The Morgan fingerprint density at radius 2 is 1.95 bits per heavy atom. The van der Waals surface area contributed by atoms with E-state index in [9.17, 15) is 13.6 Å². The number of nitrogens with zero attached hydrogens (tertiary/aromatic N) is 1. The van der Waals surface area contributed by atoms with E-state index in [1.54, 1.807) is 0 Å². The predicted molar refractivity (Wildman–Crippen MR) is 73.7 cm³/mol. The number of hydrogen-bond donors (Lipinski definition) is 2. The second kappa shape index (κ2) is 5.66. The van der Waals surface area contributed by atoms with Crippen molar-refractivity contribution in [1.29, 1.82) is 0 Å². The SMILES string of the molecule is CN(C(=O)O)c1cc(Oc2cc(F)ccc2F)ccc1N. The normalized spacial score (nSPS) is 10.2. The Balaban J connectivity index is 2.35. The van der Waals surface area contributed by atoms with Gasteiger partial charge in [0.2, 0.25) is 0 Å². The largest absolute Gasteiger partial charge is 0.465 e. The molecule has 2 aromatic carbocycles. The maximum absolute atomic E-state index is 13.5. The second-order valence-corrected chi connectivity index (χ2v) is 4.24. The molecule has 110 valence electrons. The van der Waals surface area contributed by atoms with Crippen LogP contribution in [0.3, 0.4) is 0 Å². The van der Waals surface area contributed by atoms with E-state index in [2.05, 4.69) is 0 Å². The molecule has 0 spiro atoms. The van der Waals surface area contributed by atoms with Gasteiger partial charge in [-0.2, -0.15) is 0 Å². The fourth-order valence-electron chi connectivity index (χ4n) is 1.66. The van der Waals surface area contributed by atoms with E-state index >= 15 is 0 Å². The lowest BCUT2D eigenvalue weighted by molar-refractivity contribution is 0.203. The number of carbonyl (C=O) groups is 1. The number of rotatable bonds is 3. The molecule has 0 aliphatic rings. The number of ether oxygens (including phenoxy) is 1. The first-order chi connectivity index (χ1) is 9.88. The Hall–Kier alpha value is -2.83. The summed E-state index contributed by atoms with van der Waals surface area (Å²) in [5.41, 5.74) is 6.07. The average molecular weight is 294 g/mol. The first kappa shape index (κ1) is 14.6. The third kappa shape index (κ3) is 3.19. The molecule has 5 nitrogen and oxygen atoms in total. The molecule has 0 heterocycles. The van der Waals surface area contributed by atoms with Gasteiger partial charge in [-0.25, -0.2) is 13.6 Å². The summed E-state index contributed by atoms with van der Waals surface area (Å²) in [5.74, 6) is -1.55. The highest BCUT2D eigenvalue weighted by atomic mass is 19.1. The van der Waals surface area contributed by atoms with Crippen LogP contribution in [0.25, 0.3) is 0 Å². The molecule has 2 rings (SSSR count). The lowest BCUT2D eigenvalue weighted by Crippen LogP contribution is -2.24. The van der Waals surface area contributed by atoms with Crippen LogP contribution >= 0.6 is 0 Å². The summed E-state index contributed by atoms with van der Waals surface area (Å²) in [6.07, 6.45) is -1.21. The smallest absolute Gasteiger partial charge is 0.411 e. The van der Waals surface area contributed by atoms with Crippen molar-refractivity contribution in [3.05, 3.63) is 48.0 Å². The Bertz CT molecular complexity index is 692. The standard InChI is InChI=1S/C14H12F2N2O3/c1-18(14(19)20)12-7-9(3-5-11(12)17)21-13-6-8(15)2-4-10(13)16/h2-7H,17H2,1H3,(H,19,20). The van der Waals surface area contributed by atoms with E-state index in [0.29, 0.717) is 0 Å². The quantitative estimate of drug-likeness (QED) is 0.850. The van der Waals surface area contributed by atoms with Gasteiger partial charge in [-0.15, -0.1) is 0 Å². The monoisotopic (exact) mass is 294 g/mol. The zero-order valence-corrected chi connectivity index (χ0v) is 11.0. The molecule has 0 unspecified atom stereocenters. The molecule has 7 heteroatoms. The van der Waals surface area contributed by atoms with Crippen molar-refractivity contribution in [2.45, 2.75) is 0 Å². The number of halogens is 2. The zero-order chi connectivity index (χ0) is 15.6. The van der Waals surface area contributed by atoms with Gasteiger partial charge < -0.3 is 15.6 Å². The predicted octanol–water partition coefficient (Wildman–Crippen LogP) is 3.45. The van der Waals surface area contributed by atoms with E-state index < -0.39 is 17.7 Å². The van der Waals surface area contributed by atoms with Gasteiger partial charge >= 0.3 is 6.09 Å². The van der Waals surface area contributed by atoms with E-state index in [1.807, 2.05) is 0 Å². The molecule has 0 fully saturated rings. The summed E-state index contributed by atoms with van der Waals surface area (Å²) < 4.78 is 31.8. The summed E-state index contributed by atoms with van der Waals surface area (Å²) in [5, 5.41) is 8.94. The molecule has 1 amide bonds. The summed E-state index contributed by atoms with van der Waals surface area (Å²) in [6, 6.07) is 6.97. The van der Waals surface area contributed by atoms with E-state index in [1.165, 1.54) is 25.2 Å². The fraction of sp³-hybridized carbons (Fsp3) is 0.0714. The van der Waals surface area contributed by atoms with Crippen LogP contribution in [0.2, 0.25) is 0 Å². The molecule has 0 atom stereocenters. The molecule has 3 N–H and O–H groups in total. The van der Waals surface area contributed by atoms with Crippen molar-refractivity contribution in [2.24, 2.45) is 0 Å². The van der Waals surface area contributed by atoms with Crippen LogP contribution in [0.1, 0.15) is 0 Å². The minimum atomic E-state index is -1.21. The zero-order valence-electron chi connectivity index (χ0n) is 11.0. The Morgan fingerprint density at radius 1 is 1.24 bits per heavy atom. The maximum Gasteiger partial charge on any atom is 0.411 e. The van der Waals surface area contributed by atoms with Gasteiger partial charge in [-0.1, -0.05) is 0 Å². The van der Waals surface area contributed by atoms with Crippen molar-refractivity contribution in [2.75, 3.05) is 17.7 Å². The second-order valence-electron chi connectivity index (χ2n) is 4.24. The Labute approximate surface area is 119 Å². The third-order valence-corrected chi connectivity index (χ3v) is 2.77. The summed E-state index contributed by atoms with van der Waals surface area (Å²) in [7, 11) is 1.31. The first-order valence-electron chi connectivity index (χ1n) is 5.87. The highest BCUT2D eigenvalue weighted by Gasteiger charge is 2.14. The van der Waals surface area contributed by atoms with Crippen LogP contribution < -0.4 is 15.4 Å². The van der Waals surface area contributed by atoms with Crippen LogP contribution in [0, 0.1) is 11.6 Å². The van der Waals surface area contributed by atoms with Crippen LogP contribution in [-0.2, 0) is 0 Å². The number of benzene rings is 2. The molecule has 0 saturated carbocycles. The number of anilines is 2. The lowest BCUT2D eigenvalue weighted by atomic mass is 10.2. The first-order valence-corrected chi connectivity index (χ1v) is 5.87. The van der Waals surface area contributed by atoms with Gasteiger partial charge in [0, 0.05) is 19.2 Å². The minimum Gasteiger partial charge on any atom is -0.465 e. The van der Waals surface area contributed by atoms with E-state index in [0.717, 1.165) is 23.1 Å². The topological polar surface area (TPSA) is 75.8 Å². The average Bonchev–Trinajstić information content (AvgIpc) is 2.44. The van der Waals surface area contributed by atoms with Gasteiger partial charge in [0.05, 0.1) is 11.4 Å². The number of hydrogen-bond acceptors (Lipinski definition) is 3. The van der Waals surface area contributed by atoms with Gasteiger partial charge in [-0.3, -0.25) is 4.90 Å². The summed E-state index contributed by atoms with van der Waals surface area (Å²) in [4.78, 5) is 11.8. The molecule has 0 aliphatic carbocycles. The van der Waals surface area contributed by atoms with Crippen LogP contribution in [0.15, 0.2) is 36.4 Å². The fourth-order valence-corrected chi connectivity index (χ4v) is 1.66. The molecule has 0 radical (unpaired) electrons. The summed E-state index contributed by atoms with van der Waals surface area (Å²) >= 11 is 0. The molecule has 21 heavy (non-hydrogen) atoms. The van der Waals surface area contributed by atoms with Crippen LogP contribution in [0.4, 0.5) is 25.0 Å². The Kier molecular flexibility index (Phi) is 3.93. The van der Waals surface area contributed by atoms with Crippen molar-refractivity contribution in [3.8, 4) is 11.5 Å². The lowest BCUT2D eigenvalue weighted by Gasteiger charge is -2.17. The summed E-state index contributed by atoms with van der Waals surface area (Å²) in [6.45, 7) is 0. The third-order valence-electron chi connectivity index (χ3n) is 2.77. The number of carboxylic acid groups (broad SMARTS) is 1. The van der Waals surface area contributed by atoms with Gasteiger partial charge in [-0.05, 0) is 24.3 Å². The highest BCUT2D eigenvalue weighted by Crippen LogP contribution is 2.31. The van der Waals surface area contributed by atoms with Gasteiger partial charge in [0.1, 0.15) is 11.6 Å². The van der Waals surface area contributed by atoms with Crippen molar-refractivity contribution < 1.29 is 23.4 Å². The highest BCUT2D eigenvalue weighted by molar-refractivity contribution is 5.90. The van der Waals surface area contributed by atoms with Crippen molar-refractivity contribution in [1.82, 2.24) is 0 Å². The molecular weight excluding hydrogens is 282 g/mol. The number of nitrogen functional groups attached to an aromatic ring is 1. The minimum absolute atomic E-state index is 0.136. The molecule has 0 bridgehead atoms. The van der Waals surface area contributed by atoms with Crippen molar-refractivity contribution >= 4 is 17.5 Å². The molecule has 0 aromatic heterocycles. The number of amides is 1. The Morgan fingerprint density at radius 3 is 2.62 bits per heavy atom.